The van der Waals surface area contributed by atoms with Crippen LogP contribution in [0.25, 0.3) is 0 Å². The minimum absolute atomic E-state index is 0.730. The zero-order valence-corrected chi connectivity index (χ0v) is 8.12. The molecule has 1 saturated heterocycles. The SMILES string of the molecule is CC(C)[C@H]1CCC2=NN(C)CN21. The van der Waals surface area contributed by atoms with E-state index in [9.17, 15) is 0 Å². The Morgan fingerprint density at radius 2 is 2.25 bits per heavy atom. The van der Waals surface area contributed by atoms with E-state index in [4.69, 9.17) is 0 Å². The van der Waals surface area contributed by atoms with Gasteiger partial charge in [0.2, 0.25) is 0 Å². The van der Waals surface area contributed by atoms with Crippen LogP contribution >= 0.6 is 0 Å². The van der Waals surface area contributed by atoms with Crippen LogP contribution in [0.3, 0.4) is 0 Å². The molecule has 0 aromatic heterocycles. The summed E-state index contributed by atoms with van der Waals surface area (Å²) < 4.78 is 0. The molecular formula is C9H17N3. The van der Waals surface area contributed by atoms with Crippen molar-refractivity contribution in [1.29, 1.82) is 0 Å². The molecule has 0 saturated carbocycles. The summed E-state index contributed by atoms with van der Waals surface area (Å²) in [5.41, 5.74) is 0. The van der Waals surface area contributed by atoms with Crippen LogP contribution in [-0.4, -0.2) is 35.5 Å². The number of hydrazone groups is 1. The molecule has 68 valence electrons. The topological polar surface area (TPSA) is 18.8 Å². The van der Waals surface area contributed by atoms with Crippen molar-refractivity contribution < 1.29 is 0 Å². The number of hydrogen-bond acceptors (Lipinski definition) is 3. The number of nitrogens with zero attached hydrogens (tertiary/aromatic N) is 3. The predicted molar refractivity (Wildman–Crippen MR) is 49.8 cm³/mol. The fourth-order valence-electron chi connectivity index (χ4n) is 2.20. The third-order valence-corrected chi connectivity index (χ3v) is 2.81. The van der Waals surface area contributed by atoms with E-state index in [0.717, 1.165) is 18.6 Å². The minimum Gasteiger partial charge on any atom is -0.336 e. The standard InChI is InChI=1S/C9H17N3/c1-7(2)8-4-5-9-10-11(3)6-12(8)9/h7-8H,4-6H2,1-3H3/t8-/m1/s1. The summed E-state index contributed by atoms with van der Waals surface area (Å²) in [6.45, 7) is 5.59. The molecule has 2 aliphatic heterocycles. The van der Waals surface area contributed by atoms with Gasteiger partial charge in [-0.1, -0.05) is 13.8 Å². The normalized spacial score (nSPS) is 28.3. The highest BCUT2D eigenvalue weighted by Crippen LogP contribution is 2.28. The average molecular weight is 167 g/mol. The maximum Gasteiger partial charge on any atom is 0.126 e. The molecule has 0 radical (unpaired) electrons. The lowest BCUT2D eigenvalue weighted by Crippen LogP contribution is -2.36. The van der Waals surface area contributed by atoms with E-state index in [1.54, 1.807) is 0 Å². The Labute approximate surface area is 74.0 Å². The Morgan fingerprint density at radius 3 is 2.92 bits per heavy atom. The number of rotatable bonds is 1. The Balaban J connectivity index is 2.12. The third kappa shape index (κ3) is 1.08. The molecule has 3 heteroatoms. The van der Waals surface area contributed by atoms with Gasteiger partial charge in [0.1, 0.15) is 12.5 Å². The summed E-state index contributed by atoms with van der Waals surface area (Å²) in [6, 6.07) is 0.730. The molecule has 0 unspecified atom stereocenters. The van der Waals surface area contributed by atoms with Crippen molar-refractivity contribution in [3.8, 4) is 0 Å². The average Bonchev–Trinajstić information content (AvgIpc) is 2.43. The Morgan fingerprint density at radius 1 is 1.50 bits per heavy atom. The van der Waals surface area contributed by atoms with Crippen molar-refractivity contribution in [2.75, 3.05) is 13.7 Å². The van der Waals surface area contributed by atoms with Gasteiger partial charge in [0.05, 0.1) is 0 Å². The van der Waals surface area contributed by atoms with Crippen molar-refractivity contribution >= 4 is 5.84 Å². The van der Waals surface area contributed by atoms with Gasteiger partial charge in [-0.05, 0) is 12.3 Å². The highest BCUT2D eigenvalue weighted by Gasteiger charge is 2.35. The van der Waals surface area contributed by atoms with Crippen LogP contribution in [0.1, 0.15) is 26.7 Å². The first-order chi connectivity index (χ1) is 5.68. The maximum absolute atomic E-state index is 4.46. The van der Waals surface area contributed by atoms with Crippen molar-refractivity contribution in [1.82, 2.24) is 9.91 Å². The minimum atomic E-state index is 0.730. The molecule has 0 aromatic carbocycles. The van der Waals surface area contributed by atoms with Gasteiger partial charge >= 0.3 is 0 Å². The summed E-state index contributed by atoms with van der Waals surface area (Å²) in [5, 5.41) is 6.49. The Bertz CT molecular complexity index is 210. The lowest BCUT2D eigenvalue weighted by Gasteiger charge is -2.26. The van der Waals surface area contributed by atoms with Gasteiger partial charge in [-0.3, -0.25) is 5.01 Å². The Kier molecular flexibility index (Phi) is 1.74. The monoisotopic (exact) mass is 167 g/mol. The molecule has 1 fully saturated rings. The zero-order chi connectivity index (χ0) is 8.72. The van der Waals surface area contributed by atoms with Gasteiger partial charge in [0, 0.05) is 19.5 Å². The summed E-state index contributed by atoms with van der Waals surface area (Å²) in [7, 11) is 2.04. The lowest BCUT2D eigenvalue weighted by atomic mass is 10.0. The van der Waals surface area contributed by atoms with Crippen LogP contribution in [0.2, 0.25) is 0 Å². The molecule has 0 aromatic rings. The molecule has 0 N–H and O–H groups in total. The van der Waals surface area contributed by atoms with Crippen LogP contribution in [0.4, 0.5) is 0 Å². The molecule has 0 aliphatic carbocycles. The van der Waals surface area contributed by atoms with E-state index < -0.39 is 0 Å². The van der Waals surface area contributed by atoms with Crippen molar-refractivity contribution in [2.45, 2.75) is 32.7 Å². The summed E-state index contributed by atoms with van der Waals surface area (Å²) in [4.78, 5) is 2.45. The second-order valence-electron chi connectivity index (χ2n) is 4.14. The number of hydrogen-bond donors (Lipinski definition) is 0. The molecule has 2 aliphatic rings. The Hall–Kier alpha value is -0.730. The van der Waals surface area contributed by atoms with Gasteiger partial charge in [-0.2, -0.15) is 5.10 Å². The van der Waals surface area contributed by atoms with Gasteiger partial charge in [-0.25, -0.2) is 0 Å². The predicted octanol–water partition coefficient (Wildman–Crippen LogP) is 1.32. The van der Waals surface area contributed by atoms with E-state index in [2.05, 4.69) is 23.8 Å². The highest BCUT2D eigenvalue weighted by molar-refractivity contribution is 5.85. The van der Waals surface area contributed by atoms with Gasteiger partial charge in [-0.15, -0.1) is 0 Å². The molecule has 0 spiro atoms. The second kappa shape index (κ2) is 2.64. The van der Waals surface area contributed by atoms with Crippen LogP contribution < -0.4 is 0 Å². The van der Waals surface area contributed by atoms with E-state index in [1.165, 1.54) is 18.7 Å². The first-order valence-corrected chi connectivity index (χ1v) is 4.73. The van der Waals surface area contributed by atoms with Crippen molar-refractivity contribution in [2.24, 2.45) is 11.0 Å². The van der Waals surface area contributed by atoms with Crippen LogP contribution in [0.5, 0.6) is 0 Å². The molecule has 1 atom stereocenters. The first-order valence-electron chi connectivity index (χ1n) is 4.73. The fraction of sp³-hybridized carbons (Fsp3) is 0.889. The van der Waals surface area contributed by atoms with E-state index in [1.807, 2.05) is 12.1 Å². The van der Waals surface area contributed by atoms with Crippen LogP contribution in [0, 0.1) is 5.92 Å². The van der Waals surface area contributed by atoms with Crippen molar-refractivity contribution in [3.05, 3.63) is 0 Å². The van der Waals surface area contributed by atoms with Gasteiger partial charge in [0.25, 0.3) is 0 Å². The van der Waals surface area contributed by atoms with Gasteiger partial charge < -0.3 is 4.90 Å². The van der Waals surface area contributed by atoms with E-state index in [-0.39, 0.29) is 0 Å². The zero-order valence-electron chi connectivity index (χ0n) is 8.12. The molecular weight excluding hydrogens is 150 g/mol. The third-order valence-electron chi connectivity index (χ3n) is 2.81. The molecule has 3 nitrogen and oxygen atoms in total. The molecule has 0 bridgehead atoms. The first kappa shape index (κ1) is 7.90. The quantitative estimate of drug-likeness (QED) is 0.586. The molecule has 0 amide bonds. The molecule has 12 heavy (non-hydrogen) atoms. The fourth-order valence-corrected chi connectivity index (χ4v) is 2.20. The van der Waals surface area contributed by atoms with Gasteiger partial charge in [0.15, 0.2) is 0 Å². The molecule has 2 rings (SSSR count). The van der Waals surface area contributed by atoms with Crippen molar-refractivity contribution in [3.63, 3.8) is 0 Å². The number of amidine groups is 1. The largest absolute Gasteiger partial charge is 0.336 e. The smallest absolute Gasteiger partial charge is 0.126 e. The van der Waals surface area contributed by atoms with E-state index in [0.29, 0.717) is 0 Å². The number of fused-ring (bicyclic) bond motifs is 1. The van der Waals surface area contributed by atoms with E-state index >= 15 is 0 Å². The second-order valence-corrected chi connectivity index (χ2v) is 4.14. The maximum atomic E-state index is 4.46. The summed E-state index contributed by atoms with van der Waals surface area (Å²) in [5.74, 6) is 2.06. The summed E-state index contributed by atoms with van der Waals surface area (Å²) >= 11 is 0. The summed E-state index contributed by atoms with van der Waals surface area (Å²) in [6.07, 6.45) is 2.47. The highest BCUT2D eigenvalue weighted by atomic mass is 15.6. The van der Waals surface area contributed by atoms with Crippen LogP contribution in [-0.2, 0) is 0 Å². The molecule has 2 heterocycles. The van der Waals surface area contributed by atoms with Crippen LogP contribution in [0.15, 0.2) is 5.10 Å². The lowest BCUT2D eigenvalue weighted by molar-refractivity contribution is 0.204.